The van der Waals surface area contributed by atoms with E-state index in [9.17, 15) is 18.5 Å². The van der Waals surface area contributed by atoms with Crippen LogP contribution >= 0.6 is 0 Å². The zero-order valence-electron chi connectivity index (χ0n) is 17.5. The number of hydrogen-bond acceptors (Lipinski definition) is 5. The predicted octanol–water partition coefficient (Wildman–Crippen LogP) is 3.30. The molecule has 0 aromatic heterocycles. The summed E-state index contributed by atoms with van der Waals surface area (Å²) in [5.74, 6) is 0.0234. The first kappa shape index (κ1) is 20.3. The van der Waals surface area contributed by atoms with Crippen molar-refractivity contribution >= 4 is 21.4 Å². The topological polar surface area (TPSA) is 87.5 Å². The van der Waals surface area contributed by atoms with Crippen molar-refractivity contribution in [2.45, 2.75) is 30.6 Å². The lowest BCUT2D eigenvalue weighted by atomic mass is 9.68. The summed E-state index contributed by atoms with van der Waals surface area (Å²) in [6, 6.07) is 10.6. The number of sulfonamides is 1. The molecule has 0 saturated carbocycles. The Morgan fingerprint density at radius 2 is 1.83 bits per heavy atom. The number of fused-ring (bicyclic) bond motifs is 3. The molecule has 0 radical (unpaired) electrons. The smallest absolute Gasteiger partial charge is 0.246 e. The molecule has 0 saturated heterocycles. The third-order valence-electron chi connectivity index (χ3n) is 6.13. The van der Waals surface area contributed by atoms with E-state index in [0.717, 1.165) is 26.6 Å². The third-order valence-corrected chi connectivity index (χ3v) is 7.97. The third kappa shape index (κ3) is 2.64. The molecule has 0 fully saturated rings. The summed E-state index contributed by atoms with van der Waals surface area (Å²) in [7, 11) is 0.513. The zero-order valence-corrected chi connectivity index (χ0v) is 18.3. The number of ketones is 1. The molecule has 0 atom stereocenters. The zero-order chi connectivity index (χ0) is 22.0. The van der Waals surface area contributed by atoms with Crippen molar-refractivity contribution in [3.05, 3.63) is 63.7 Å². The van der Waals surface area contributed by atoms with Gasteiger partial charge in [-0.3, -0.25) is 4.79 Å². The molecule has 154 valence electrons. The molecule has 0 spiro atoms. The highest BCUT2D eigenvalue weighted by atomic mass is 32.2. The number of allylic oxidation sites excluding steroid dienone is 2. The van der Waals surface area contributed by atoms with Gasteiger partial charge in [0, 0.05) is 30.6 Å². The summed E-state index contributed by atoms with van der Waals surface area (Å²) in [5.41, 5.74) is 4.53. The van der Waals surface area contributed by atoms with Gasteiger partial charge in [-0.25, -0.2) is 12.7 Å². The van der Waals surface area contributed by atoms with E-state index >= 15 is 0 Å². The Kier molecular flexibility index (Phi) is 4.42. The molecule has 6 nitrogen and oxygen atoms in total. The van der Waals surface area contributed by atoms with Gasteiger partial charge in [0.1, 0.15) is 10.6 Å². The maximum absolute atomic E-state index is 13.6. The lowest BCUT2D eigenvalue weighted by molar-refractivity contribution is 0.105. The maximum atomic E-state index is 13.6. The second-order valence-electron chi connectivity index (χ2n) is 8.30. The van der Waals surface area contributed by atoms with Gasteiger partial charge in [0.2, 0.25) is 10.0 Å². The monoisotopic (exact) mass is 422 g/mol. The number of rotatable bonds is 3. The maximum Gasteiger partial charge on any atom is 0.246 e. The van der Waals surface area contributed by atoms with Gasteiger partial charge in [0.25, 0.3) is 0 Å². The second kappa shape index (κ2) is 6.53. The quantitative estimate of drug-likeness (QED) is 0.757. The molecule has 2 aromatic rings. The van der Waals surface area contributed by atoms with Gasteiger partial charge in [-0.2, -0.15) is 5.26 Å². The van der Waals surface area contributed by atoms with E-state index in [0.29, 0.717) is 23.1 Å². The van der Waals surface area contributed by atoms with E-state index in [-0.39, 0.29) is 16.4 Å². The van der Waals surface area contributed by atoms with Crippen LogP contribution in [-0.4, -0.2) is 39.7 Å². The molecule has 0 unspecified atom stereocenters. The van der Waals surface area contributed by atoms with Gasteiger partial charge in [-0.1, -0.05) is 19.9 Å². The van der Waals surface area contributed by atoms with E-state index in [1.165, 1.54) is 27.3 Å². The summed E-state index contributed by atoms with van der Waals surface area (Å²) >= 11 is 0. The Morgan fingerprint density at radius 3 is 2.43 bits per heavy atom. The molecule has 0 bridgehead atoms. The second-order valence-corrected chi connectivity index (χ2v) is 10.4. The van der Waals surface area contributed by atoms with Crippen molar-refractivity contribution in [3.8, 4) is 11.8 Å². The van der Waals surface area contributed by atoms with Gasteiger partial charge in [0.15, 0.2) is 5.78 Å². The Labute approximate surface area is 176 Å². The first-order valence-electron chi connectivity index (χ1n) is 9.50. The number of nitriles is 1. The van der Waals surface area contributed by atoms with Crippen LogP contribution in [0.4, 0.5) is 0 Å². The molecular formula is C23H22N2O4S. The first-order chi connectivity index (χ1) is 14.0. The fraction of sp³-hybridized carbons (Fsp3) is 0.304. The number of hydrogen-bond donors (Lipinski definition) is 0. The van der Waals surface area contributed by atoms with Crippen LogP contribution in [0.2, 0.25) is 0 Å². The molecule has 0 aliphatic heterocycles. The lowest BCUT2D eigenvalue weighted by Gasteiger charge is -2.35. The van der Waals surface area contributed by atoms with Crippen LogP contribution in [0.5, 0.6) is 5.75 Å². The largest absolute Gasteiger partial charge is 0.495 e. The van der Waals surface area contributed by atoms with Gasteiger partial charge in [-0.05, 0) is 52.9 Å². The van der Waals surface area contributed by atoms with Crippen LogP contribution in [0.3, 0.4) is 0 Å². The summed E-state index contributed by atoms with van der Waals surface area (Å²) in [4.78, 5) is 13.6. The van der Waals surface area contributed by atoms with Crippen LogP contribution in [0.25, 0.3) is 5.57 Å². The minimum Gasteiger partial charge on any atom is -0.495 e. The SMILES string of the molecule is COc1cc2c(cc1S(=O)(=O)N(C)C)C(=O)C1=C(Cc3cc(C#N)ccc31)C2(C)C. The van der Waals surface area contributed by atoms with Crippen LogP contribution in [0, 0.1) is 11.3 Å². The Balaban J connectivity index is 1.98. The van der Waals surface area contributed by atoms with Crippen molar-refractivity contribution < 1.29 is 17.9 Å². The molecule has 2 aliphatic carbocycles. The first-order valence-corrected chi connectivity index (χ1v) is 10.9. The van der Waals surface area contributed by atoms with Crippen molar-refractivity contribution in [1.29, 1.82) is 5.26 Å². The summed E-state index contributed by atoms with van der Waals surface area (Å²) < 4.78 is 32.2. The van der Waals surface area contributed by atoms with E-state index in [2.05, 4.69) is 6.07 Å². The van der Waals surface area contributed by atoms with E-state index in [1.807, 2.05) is 26.0 Å². The Bertz CT molecular complexity index is 1300. The van der Waals surface area contributed by atoms with E-state index < -0.39 is 15.4 Å². The van der Waals surface area contributed by atoms with Gasteiger partial charge >= 0.3 is 0 Å². The molecule has 2 aliphatic rings. The molecule has 0 N–H and O–H groups in total. The predicted molar refractivity (Wildman–Crippen MR) is 113 cm³/mol. The van der Waals surface area contributed by atoms with Crippen LogP contribution in [0.15, 0.2) is 40.8 Å². The highest BCUT2D eigenvalue weighted by Gasteiger charge is 2.44. The van der Waals surface area contributed by atoms with Gasteiger partial charge in [-0.15, -0.1) is 0 Å². The summed E-state index contributed by atoms with van der Waals surface area (Å²) in [5, 5.41) is 9.23. The highest BCUT2D eigenvalue weighted by Crippen LogP contribution is 2.51. The normalized spacial score (nSPS) is 16.8. The van der Waals surface area contributed by atoms with Crippen molar-refractivity contribution in [1.82, 2.24) is 4.31 Å². The number of carbonyl (C=O) groups excluding carboxylic acids is 1. The van der Waals surface area contributed by atoms with Crippen LogP contribution in [-0.2, 0) is 21.9 Å². The number of methoxy groups -OCH3 is 1. The highest BCUT2D eigenvalue weighted by molar-refractivity contribution is 7.89. The number of Topliss-reactive ketones (excluding diaryl/α,β-unsaturated/α-hetero) is 1. The minimum atomic E-state index is -3.80. The molecule has 30 heavy (non-hydrogen) atoms. The molecular weight excluding hydrogens is 400 g/mol. The van der Waals surface area contributed by atoms with E-state index in [4.69, 9.17) is 4.74 Å². The summed E-state index contributed by atoms with van der Waals surface area (Å²) in [6.45, 7) is 4.06. The average Bonchev–Trinajstić information content (AvgIpc) is 3.11. The van der Waals surface area contributed by atoms with Gasteiger partial charge < -0.3 is 4.74 Å². The number of ether oxygens (including phenoxy) is 1. The fourth-order valence-electron chi connectivity index (χ4n) is 4.41. The van der Waals surface area contributed by atoms with Crippen LogP contribution < -0.4 is 4.74 Å². The standard InChI is InChI=1S/C23H22N2O4S/c1-23(2)17-11-19(29-5)20(30(27,28)25(3)4)10-16(17)22(26)21-15-7-6-13(12-24)8-14(15)9-18(21)23/h6-8,10-11H,9H2,1-5H3. The van der Waals surface area contributed by atoms with Crippen LogP contribution in [0.1, 0.15) is 46.5 Å². The molecule has 0 amide bonds. The van der Waals surface area contributed by atoms with E-state index in [1.54, 1.807) is 12.1 Å². The summed E-state index contributed by atoms with van der Waals surface area (Å²) in [6.07, 6.45) is 0.582. The molecule has 2 aromatic carbocycles. The molecule has 0 heterocycles. The van der Waals surface area contributed by atoms with Crippen molar-refractivity contribution in [2.75, 3.05) is 21.2 Å². The lowest BCUT2D eigenvalue weighted by Crippen LogP contribution is -2.31. The minimum absolute atomic E-state index is 0.0278. The molecule has 4 rings (SSSR count). The molecule has 7 heteroatoms. The van der Waals surface area contributed by atoms with Crippen molar-refractivity contribution in [3.63, 3.8) is 0 Å². The number of benzene rings is 2. The fourth-order valence-corrected chi connectivity index (χ4v) is 5.46. The van der Waals surface area contributed by atoms with Gasteiger partial charge in [0.05, 0.1) is 18.7 Å². The van der Waals surface area contributed by atoms with Crippen molar-refractivity contribution in [2.24, 2.45) is 0 Å². The average molecular weight is 423 g/mol. The number of nitrogens with zero attached hydrogens (tertiary/aromatic N) is 2. The Morgan fingerprint density at radius 1 is 1.13 bits per heavy atom. The Hall–Kier alpha value is -2.95. The number of carbonyl (C=O) groups is 1.